The van der Waals surface area contributed by atoms with Crippen LogP contribution < -0.4 is 10.1 Å². The number of carbonyl (C=O) groups excluding carboxylic acids is 1. The van der Waals surface area contributed by atoms with E-state index in [1.165, 1.54) is 5.56 Å². The van der Waals surface area contributed by atoms with Crippen molar-refractivity contribution in [2.24, 2.45) is 0 Å². The highest BCUT2D eigenvalue weighted by Gasteiger charge is 2.18. The number of amides is 1. The Labute approximate surface area is 148 Å². The molecule has 1 aromatic heterocycles. The zero-order valence-electron chi connectivity index (χ0n) is 14.5. The Hall–Kier alpha value is -1.88. The highest BCUT2D eigenvalue weighted by Crippen LogP contribution is 2.21. The van der Waals surface area contributed by atoms with E-state index < -0.39 is 6.10 Å². The van der Waals surface area contributed by atoms with Gasteiger partial charge in [0.15, 0.2) is 6.10 Å². The van der Waals surface area contributed by atoms with Gasteiger partial charge in [0.05, 0.1) is 12.0 Å². The Kier molecular flexibility index (Phi) is 7.25. The lowest BCUT2D eigenvalue weighted by Gasteiger charge is -2.18. The molecule has 0 aliphatic carbocycles. The van der Waals surface area contributed by atoms with Gasteiger partial charge in [-0.2, -0.15) is 11.8 Å². The van der Waals surface area contributed by atoms with Crippen molar-refractivity contribution in [1.82, 2.24) is 5.32 Å². The van der Waals surface area contributed by atoms with E-state index in [0.29, 0.717) is 13.0 Å². The van der Waals surface area contributed by atoms with Crippen molar-refractivity contribution in [1.29, 1.82) is 0 Å². The molecule has 0 spiro atoms. The molecule has 2 aromatic rings. The topological polar surface area (TPSA) is 51.5 Å². The van der Waals surface area contributed by atoms with Gasteiger partial charge in [-0.05, 0) is 44.0 Å². The lowest BCUT2D eigenvalue weighted by Crippen LogP contribution is -2.39. The summed E-state index contributed by atoms with van der Waals surface area (Å²) in [5.41, 5.74) is 2.24. The third-order valence-corrected chi connectivity index (χ3v) is 4.61. The molecular formula is C19H25NO3S. The second kappa shape index (κ2) is 9.42. The maximum Gasteiger partial charge on any atom is 0.261 e. The molecule has 0 bridgehead atoms. The van der Waals surface area contributed by atoms with E-state index in [0.717, 1.165) is 28.6 Å². The lowest BCUT2D eigenvalue weighted by atomic mass is 10.1. The number of hydrogen-bond acceptors (Lipinski definition) is 4. The van der Waals surface area contributed by atoms with Crippen molar-refractivity contribution in [2.75, 3.05) is 12.3 Å². The second-order valence-electron chi connectivity index (χ2n) is 5.71. The molecular weight excluding hydrogens is 322 g/mol. The summed E-state index contributed by atoms with van der Waals surface area (Å²) in [5.74, 6) is 3.33. The van der Waals surface area contributed by atoms with E-state index in [9.17, 15) is 4.79 Å². The van der Waals surface area contributed by atoms with Gasteiger partial charge in [0.25, 0.3) is 5.91 Å². The summed E-state index contributed by atoms with van der Waals surface area (Å²) in [6.45, 7) is 6.62. The zero-order chi connectivity index (χ0) is 17.4. The number of nitrogens with one attached hydrogen (secondary N) is 1. The fourth-order valence-electron chi connectivity index (χ4n) is 2.33. The summed E-state index contributed by atoms with van der Waals surface area (Å²) in [4.78, 5) is 12.3. The first kappa shape index (κ1) is 18.5. The number of ether oxygens (including phenoxy) is 1. The van der Waals surface area contributed by atoms with Crippen LogP contribution in [0.4, 0.5) is 0 Å². The van der Waals surface area contributed by atoms with Gasteiger partial charge in [-0.3, -0.25) is 4.79 Å². The van der Waals surface area contributed by atoms with Crippen molar-refractivity contribution in [3.63, 3.8) is 0 Å². The minimum absolute atomic E-state index is 0.0592. The van der Waals surface area contributed by atoms with Crippen molar-refractivity contribution in [3.8, 4) is 5.75 Å². The number of carbonyl (C=O) groups is 1. The molecule has 0 saturated heterocycles. The Morgan fingerprint density at radius 2 is 2.17 bits per heavy atom. The summed E-state index contributed by atoms with van der Waals surface area (Å²) in [6.07, 6.45) is 1.86. The highest BCUT2D eigenvalue weighted by atomic mass is 32.2. The van der Waals surface area contributed by atoms with Crippen LogP contribution in [0.5, 0.6) is 5.75 Å². The summed E-state index contributed by atoms with van der Waals surface area (Å²) < 4.78 is 11.2. The molecule has 0 fully saturated rings. The summed E-state index contributed by atoms with van der Waals surface area (Å²) in [6, 6.07) is 9.83. The standard InChI is InChI=1S/C19H25NO3S/c1-4-17(23-18-8-7-14(2)12-15(18)3)19(21)20-9-11-24-13-16-6-5-10-22-16/h5-8,10,12,17H,4,9,11,13H2,1-3H3,(H,20,21)/t17-/m1/s1. The van der Waals surface area contributed by atoms with Gasteiger partial charge in [0, 0.05) is 12.3 Å². The summed E-state index contributed by atoms with van der Waals surface area (Å²) in [5, 5.41) is 2.95. The molecule has 0 saturated carbocycles. The Bertz CT molecular complexity index is 640. The molecule has 1 heterocycles. The van der Waals surface area contributed by atoms with Crippen LogP contribution in [0.2, 0.25) is 0 Å². The first-order valence-electron chi connectivity index (χ1n) is 8.22. The van der Waals surface area contributed by atoms with Crippen LogP contribution in [0.1, 0.15) is 30.2 Å². The molecule has 0 unspecified atom stereocenters. The van der Waals surface area contributed by atoms with Crippen molar-refractivity contribution in [2.45, 2.75) is 39.0 Å². The van der Waals surface area contributed by atoms with Crippen molar-refractivity contribution >= 4 is 17.7 Å². The van der Waals surface area contributed by atoms with Gasteiger partial charge in [-0.25, -0.2) is 0 Å². The third kappa shape index (κ3) is 5.64. The van der Waals surface area contributed by atoms with E-state index in [1.54, 1.807) is 18.0 Å². The SMILES string of the molecule is CC[C@@H](Oc1ccc(C)cc1C)C(=O)NCCSCc1ccco1. The van der Waals surface area contributed by atoms with Gasteiger partial charge in [-0.15, -0.1) is 0 Å². The van der Waals surface area contributed by atoms with Crippen LogP contribution in [0.3, 0.4) is 0 Å². The van der Waals surface area contributed by atoms with Crippen LogP contribution in [0.15, 0.2) is 41.0 Å². The van der Waals surface area contributed by atoms with Gasteiger partial charge in [0.1, 0.15) is 11.5 Å². The van der Waals surface area contributed by atoms with E-state index in [4.69, 9.17) is 9.15 Å². The fraction of sp³-hybridized carbons (Fsp3) is 0.421. The summed E-state index contributed by atoms with van der Waals surface area (Å²) in [7, 11) is 0. The number of aryl methyl sites for hydroxylation is 2. The Morgan fingerprint density at radius 3 is 2.83 bits per heavy atom. The third-order valence-electron chi connectivity index (χ3n) is 3.63. The summed E-state index contributed by atoms with van der Waals surface area (Å²) >= 11 is 1.73. The molecule has 2 rings (SSSR count). The normalized spacial score (nSPS) is 12.0. The Morgan fingerprint density at radius 1 is 1.33 bits per heavy atom. The van der Waals surface area contributed by atoms with E-state index in [1.807, 2.05) is 45.0 Å². The molecule has 1 amide bonds. The number of thioether (sulfide) groups is 1. The van der Waals surface area contributed by atoms with E-state index in [2.05, 4.69) is 11.4 Å². The minimum Gasteiger partial charge on any atom is -0.480 e. The number of hydrogen-bond donors (Lipinski definition) is 1. The van der Waals surface area contributed by atoms with E-state index in [-0.39, 0.29) is 5.91 Å². The highest BCUT2D eigenvalue weighted by molar-refractivity contribution is 7.98. The molecule has 1 atom stereocenters. The average Bonchev–Trinajstić information content (AvgIpc) is 3.07. The van der Waals surface area contributed by atoms with Crippen LogP contribution in [0.25, 0.3) is 0 Å². The zero-order valence-corrected chi connectivity index (χ0v) is 15.3. The van der Waals surface area contributed by atoms with Crippen LogP contribution in [-0.2, 0) is 10.5 Å². The minimum atomic E-state index is -0.457. The number of benzene rings is 1. The quantitative estimate of drug-likeness (QED) is 0.694. The smallest absolute Gasteiger partial charge is 0.261 e. The molecule has 1 N–H and O–H groups in total. The van der Waals surface area contributed by atoms with Crippen LogP contribution in [-0.4, -0.2) is 24.3 Å². The lowest BCUT2D eigenvalue weighted by molar-refractivity contribution is -0.128. The maximum atomic E-state index is 12.3. The number of rotatable bonds is 9. The molecule has 1 aromatic carbocycles. The largest absolute Gasteiger partial charge is 0.480 e. The molecule has 4 nitrogen and oxygen atoms in total. The molecule has 0 radical (unpaired) electrons. The molecule has 0 aliphatic rings. The monoisotopic (exact) mass is 347 g/mol. The van der Waals surface area contributed by atoms with Gasteiger partial charge in [0.2, 0.25) is 0 Å². The maximum absolute atomic E-state index is 12.3. The van der Waals surface area contributed by atoms with Gasteiger partial charge < -0.3 is 14.5 Å². The predicted molar refractivity (Wildman–Crippen MR) is 98.5 cm³/mol. The van der Waals surface area contributed by atoms with Crippen LogP contribution >= 0.6 is 11.8 Å². The van der Waals surface area contributed by atoms with Gasteiger partial charge in [-0.1, -0.05) is 24.6 Å². The van der Waals surface area contributed by atoms with Crippen molar-refractivity contribution < 1.29 is 13.9 Å². The van der Waals surface area contributed by atoms with Gasteiger partial charge >= 0.3 is 0 Å². The number of furan rings is 1. The average molecular weight is 347 g/mol. The van der Waals surface area contributed by atoms with E-state index >= 15 is 0 Å². The Balaban J connectivity index is 1.74. The first-order valence-corrected chi connectivity index (χ1v) is 9.37. The van der Waals surface area contributed by atoms with Crippen molar-refractivity contribution in [3.05, 3.63) is 53.5 Å². The second-order valence-corrected chi connectivity index (χ2v) is 6.81. The first-order chi connectivity index (χ1) is 11.6. The fourth-order valence-corrected chi connectivity index (χ4v) is 3.09. The predicted octanol–water partition coefficient (Wildman–Crippen LogP) is 4.10. The molecule has 0 aliphatic heterocycles. The molecule has 24 heavy (non-hydrogen) atoms. The van der Waals surface area contributed by atoms with Crippen LogP contribution in [0, 0.1) is 13.8 Å². The molecule has 5 heteroatoms. The molecule has 130 valence electrons.